The average Bonchev–Trinajstić information content (AvgIpc) is 2.56. The Morgan fingerprint density at radius 2 is 1.27 bits per heavy atom. The second-order valence-corrected chi connectivity index (χ2v) is 5.12. The molecule has 0 spiro atoms. The van der Waals surface area contributed by atoms with Crippen molar-refractivity contribution < 1.29 is 9.47 Å². The van der Waals surface area contributed by atoms with Gasteiger partial charge in [0.25, 0.3) is 0 Å². The zero-order chi connectivity index (χ0) is 15.8. The summed E-state index contributed by atoms with van der Waals surface area (Å²) in [6.07, 6.45) is 0. The standard InChI is InChI=1S/C18H24N2O2/c1-21-17-9-5-3-7-15(17)13-20(12-11-19)14-16-8-4-6-10-18(16)22-2/h3-10H,11-14,19H2,1-2H3. The first-order valence-corrected chi connectivity index (χ1v) is 7.44. The van der Waals surface area contributed by atoms with Crippen molar-refractivity contribution in [3.63, 3.8) is 0 Å². The van der Waals surface area contributed by atoms with Gasteiger partial charge in [-0.3, -0.25) is 4.90 Å². The first-order valence-electron chi connectivity index (χ1n) is 7.44. The van der Waals surface area contributed by atoms with E-state index in [2.05, 4.69) is 17.0 Å². The van der Waals surface area contributed by atoms with Crippen LogP contribution in [0.3, 0.4) is 0 Å². The minimum Gasteiger partial charge on any atom is -0.496 e. The van der Waals surface area contributed by atoms with Crippen LogP contribution in [-0.2, 0) is 13.1 Å². The molecule has 0 saturated heterocycles. The van der Waals surface area contributed by atoms with Gasteiger partial charge in [-0.2, -0.15) is 0 Å². The van der Waals surface area contributed by atoms with Gasteiger partial charge in [0.2, 0.25) is 0 Å². The van der Waals surface area contributed by atoms with Crippen molar-refractivity contribution in [1.29, 1.82) is 0 Å². The topological polar surface area (TPSA) is 47.7 Å². The summed E-state index contributed by atoms with van der Waals surface area (Å²) >= 11 is 0. The summed E-state index contributed by atoms with van der Waals surface area (Å²) in [4.78, 5) is 2.30. The Hall–Kier alpha value is -2.04. The molecule has 0 atom stereocenters. The minimum absolute atomic E-state index is 0.615. The molecule has 0 amide bonds. The third kappa shape index (κ3) is 4.23. The molecule has 0 aliphatic rings. The summed E-state index contributed by atoms with van der Waals surface area (Å²) in [5.74, 6) is 1.81. The molecule has 4 heteroatoms. The van der Waals surface area contributed by atoms with Crippen LogP contribution in [0.5, 0.6) is 11.5 Å². The van der Waals surface area contributed by atoms with E-state index in [-0.39, 0.29) is 0 Å². The molecule has 2 rings (SSSR count). The largest absolute Gasteiger partial charge is 0.496 e. The monoisotopic (exact) mass is 300 g/mol. The van der Waals surface area contributed by atoms with Gasteiger partial charge in [-0.25, -0.2) is 0 Å². The highest BCUT2D eigenvalue weighted by Gasteiger charge is 2.12. The Morgan fingerprint density at radius 3 is 1.68 bits per heavy atom. The summed E-state index contributed by atoms with van der Waals surface area (Å²) in [6.45, 7) is 3.01. The Morgan fingerprint density at radius 1 is 0.818 bits per heavy atom. The van der Waals surface area contributed by atoms with Crippen molar-refractivity contribution in [1.82, 2.24) is 4.90 Å². The zero-order valence-corrected chi connectivity index (χ0v) is 13.3. The number of nitrogens with zero attached hydrogens (tertiary/aromatic N) is 1. The summed E-state index contributed by atoms with van der Waals surface area (Å²) in [5, 5.41) is 0. The van der Waals surface area contributed by atoms with Crippen molar-refractivity contribution in [2.24, 2.45) is 5.73 Å². The second kappa shape index (κ2) is 8.41. The first kappa shape index (κ1) is 16.3. The molecule has 22 heavy (non-hydrogen) atoms. The van der Waals surface area contributed by atoms with Crippen LogP contribution >= 0.6 is 0 Å². The van der Waals surface area contributed by atoms with Gasteiger partial charge in [-0.05, 0) is 12.1 Å². The number of para-hydroxylation sites is 2. The molecule has 2 aromatic rings. The minimum atomic E-state index is 0.615. The average molecular weight is 300 g/mol. The van der Waals surface area contributed by atoms with Crippen molar-refractivity contribution in [3.05, 3.63) is 59.7 Å². The molecule has 0 saturated carbocycles. The normalized spacial score (nSPS) is 10.7. The number of ether oxygens (including phenoxy) is 2. The van der Waals surface area contributed by atoms with Gasteiger partial charge >= 0.3 is 0 Å². The van der Waals surface area contributed by atoms with Crippen molar-refractivity contribution in [3.8, 4) is 11.5 Å². The Balaban J connectivity index is 2.16. The van der Waals surface area contributed by atoms with E-state index in [0.29, 0.717) is 6.54 Å². The van der Waals surface area contributed by atoms with E-state index in [1.54, 1.807) is 14.2 Å². The molecule has 0 aromatic heterocycles. The third-order valence-corrected chi connectivity index (χ3v) is 3.62. The lowest BCUT2D eigenvalue weighted by Crippen LogP contribution is -2.29. The quantitative estimate of drug-likeness (QED) is 0.814. The summed E-state index contributed by atoms with van der Waals surface area (Å²) < 4.78 is 10.9. The SMILES string of the molecule is COc1ccccc1CN(CCN)Cc1ccccc1OC. The lowest BCUT2D eigenvalue weighted by molar-refractivity contribution is 0.255. The summed E-state index contributed by atoms with van der Waals surface area (Å²) in [6, 6.07) is 16.2. The number of hydrogen-bond acceptors (Lipinski definition) is 4. The van der Waals surface area contributed by atoms with Crippen LogP contribution < -0.4 is 15.2 Å². The van der Waals surface area contributed by atoms with Crippen LogP contribution in [0.1, 0.15) is 11.1 Å². The zero-order valence-electron chi connectivity index (χ0n) is 13.3. The van der Waals surface area contributed by atoms with Gasteiger partial charge in [0, 0.05) is 37.3 Å². The predicted molar refractivity (Wildman–Crippen MR) is 89.2 cm³/mol. The van der Waals surface area contributed by atoms with Gasteiger partial charge in [-0.15, -0.1) is 0 Å². The van der Waals surface area contributed by atoms with Crippen LogP contribution in [-0.4, -0.2) is 32.2 Å². The lowest BCUT2D eigenvalue weighted by atomic mass is 10.1. The fraction of sp³-hybridized carbons (Fsp3) is 0.333. The summed E-state index contributed by atoms with van der Waals surface area (Å²) in [5.41, 5.74) is 8.09. The highest BCUT2D eigenvalue weighted by molar-refractivity contribution is 5.35. The van der Waals surface area contributed by atoms with E-state index in [0.717, 1.165) is 42.3 Å². The number of rotatable bonds is 8. The molecule has 2 aromatic carbocycles. The molecule has 0 radical (unpaired) electrons. The van der Waals surface area contributed by atoms with Gasteiger partial charge in [-0.1, -0.05) is 36.4 Å². The van der Waals surface area contributed by atoms with Crippen LogP contribution in [0.2, 0.25) is 0 Å². The molecule has 0 bridgehead atoms. The van der Waals surface area contributed by atoms with Crippen LogP contribution in [0.15, 0.2) is 48.5 Å². The Labute approximate surface area is 132 Å². The number of methoxy groups -OCH3 is 2. The molecule has 0 unspecified atom stereocenters. The third-order valence-electron chi connectivity index (χ3n) is 3.62. The highest BCUT2D eigenvalue weighted by Crippen LogP contribution is 2.23. The Kier molecular flexibility index (Phi) is 6.25. The van der Waals surface area contributed by atoms with Gasteiger partial charge < -0.3 is 15.2 Å². The molecule has 0 aliphatic heterocycles. The molecule has 4 nitrogen and oxygen atoms in total. The van der Waals surface area contributed by atoms with Gasteiger partial charge in [0.1, 0.15) is 11.5 Å². The molecule has 0 heterocycles. The molecule has 0 aliphatic carbocycles. The maximum atomic E-state index is 5.77. The van der Waals surface area contributed by atoms with Crippen molar-refractivity contribution >= 4 is 0 Å². The van der Waals surface area contributed by atoms with E-state index in [4.69, 9.17) is 15.2 Å². The fourth-order valence-electron chi connectivity index (χ4n) is 2.55. The first-order chi connectivity index (χ1) is 10.8. The second-order valence-electron chi connectivity index (χ2n) is 5.12. The van der Waals surface area contributed by atoms with Crippen LogP contribution in [0.4, 0.5) is 0 Å². The maximum Gasteiger partial charge on any atom is 0.123 e. The van der Waals surface area contributed by atoms with Gasteiger partial charge in [0.05, 0.1) is 14.2 Å². The van der Waals surface area contributed by atoms with Crippen molar-refractivity contribution in [2.75, 3.05) is 27.3 Å². The fourth-order valence-corrected chi connectivity index (χ4v) is 2.55. The Bertz CT molecular complexity index is 537. The smallest absolute Gasteiger partial charge is 0.123 e. The highest BCUT2D eigenvalue weighted by atomic mass is 16.5. The number of hydrogen-bond donors (Lipinski definition) is 1. The molecule has 2 N–H and O–H groups in total. The maximum absolute atomic E-state index is 5.77. The predicted octanol–water partition coefficient (Wildman–Crippen LogP) is 2.66. The van der Waals surface area contributed by atoms with E-state index >= 15 is 0 Å². The van der Waals surface area contributed by atoms with Gasteiger partial charge in [0.15, 0.2) is 0 Å². The van der Waals surface area contributed by atoms with Crippen LogP contribution in [0.25, 0.3) is 0 Å². The molecule has 118 valence electrons. The van der Waals surface area contributed by atoms with E-state index in [1.807, 2.05) is 36.4 Å². The molecule has 0 fully saturated rings. The van der Waals surface area contributed by atoms with E-state index in [9.17, 15) is 0 Å². The summed E-state index contributed by atoms with van der Waals surface area (Å²) in [7, 11) is 3.40. The lowest BCUT2D eigenvalue weighted by Gasteiger charge is -2.23. The number of nitrogens with two attached hydrogens (primary N) is 1. The molecular weight excluding hydrogens is 276 g/mol. The van der Waals surface area contributed by atoms with Crippen molar-refractivity contribution in [2.45, 2.75) is 13.1 Å². The molecular formula is C18H24N2O2. The van der Waals surface area contributed by atoms with E-state index in [1.165, 1.54) is 0 Å². The number of benzene rings is 2. The van der Waals surface area contributed by atoms with Crippen LogP contribution in [0, 0.1) is 0 Å². The van der Waals surface area contributed by atoms with E-state index < -0.39 is 0 Å².